The van der Waals surface area contributed by atoms with Crippen molar-refractivity contribution >= 4 is 27.4 Å². The molecule has 18 heavy (non-hydrogen) atoms. The second kappa shape index (κ2) is 5.90. The summed E-state index contributed by atoms with van der Waals surface area (Å²) in [5, 5.41) is 2.88. The van der Waals surface area contributed by atoms with Gasteiger partial charge in [-0.3, -0.25) is 13.9 Å². The van der Waals surface area contributed by atoms with E-state index in [4.69, 9.17) is 5.73 Å². The molecule has 3 N–H and O–H groups in total. The highest BCUT2D eigenvalue weighted by Crippen LogP contribution is 2.12. The van der Waals surface area contributed by atoms with Crippen LogP contribution in [0.5, 0.6) is 0 Å². The van der Waals surface area contributed by atoms with Gasteiger partial charge in [0.2, 0.25) is 0 Å². The highest BCUT2D eigenvalue weighted by molar-refractivity contribution is 9.11. The number of hydrogen-bond donors (Lipinski definition) is 2. The van der Waals surface area contributed by atoms with Crippen LogP contribution in [0.4, 0.5) is 11.5 Å². The van der Waals surface area contributed by atoms with Gasteiger partial charge in [-0.05, 0) is 6.42 Å². The van der Waals surface area contributed by atoms with Crippen LogP contribution in [0.3, 0.4) is 0 Å². The van der Waals surface area contributed by atoms with E-state index in [2.05, 4.69) is 27.8 Å². The second-order valence-electron chi connectivity index (χ2n) is 3.93. The fourth-order valence-corrected chi connectivity index (χ4v) is 1.71. The first-order valence-corrected chi connectivity index (χ1v) is 6.35. The summed E-state index contributed by atoms with van der Waals surface area (Å²) in [7, 11) is 1.43. The van der Waals surface area contributed by atoms with Crippen LogP contribution in [-0.2, 0) is 13.6 Å². The van der Waals surface area contributed by atoms with Crippen LogP contribution in [-0.4, -0.2) is 15.7 Å². The number of anilines is 2. The zero-order valence-electron chi connectivity index (χ0n) is 10.5. The number of nitrogens with zero attached hydrogens (tertiary/aromatic N) is 2. The van der Waals surface area contributed by atoms with Crippen LogP contribution in [0.2, 0.25) is 0 Å². The average Bonchev–Trinajstić information content (AvgIpc) is 2.31. The molecule has 0 saturated carbocycles. The van der Waals surface area contributed by atoms with Crippen LogP contribution < -0.4 is 22.3 Å². The predicted molar refractivity (Wildman–Crippen MR) is 77.2 cm³/mol. The van der Waals surface area contributed by atoms with E-state index in [1.165, 1.54) is 11.6 Å². The van der Waals surface area contributed by atoms with Crippen molar-refractivity contribution in [2.24, 2.45) is 7.05 Å². The van der Waals surface area contributed by atoms with Crippen LogP contribution in [0.25, 0.3) is 0 Å². The number of nitrogen functional groups attached to an aromatic ring is 1. The minimum absolute atomic E-state index is 0.165. The lowest BCUT2D eigenvalue weighted by molar-refractivity contribution is 0.601. The molecule has 0 atom stereocenters. The molecule has 0 saturated heterocycles. The van der Waals surface area contributed by atoms with E-state index in [1.807, 2.05) is 6.92 Å². The molecule has 0 aliphatic carbocycles. The molecule has 0 aliphatic heterocycles. The number of aromatic nitrogens is 2. The first-order valence-electron chi connectivity index (χ1n) is 5.56. The molecule has 0 aliphatic rings. The van der Waals surface area contributed by atoms with Crippen molar-refractivity contribution in [2.75, 3.05) is 17.6 Å². The largest absolute Gasteiger partial charge is 0.383 e. The van der Waals surface area contributed by atoms with Crippen LogP contribution in [0.15, 0.2) is 20.7 Å². The molecule has 0 fully saturated rings. The Morgan fingerprint density at radius 3 is 2.61 bits per heavy atom. The Labute approximate surface area is 113 Å². The molecule has 0 aromatic carbocycles. The summed E-state index contributed by atoms with van der Waals surface area (Å²) in [5.41, 5.74) is 5.26. The van der Waals surface area contributed by atoms with Gasteiger partial charge in [-0.15, -0.1) is 0 Å². The third-order valence-corrected chi connectivity index (χ3v) is 2.77. The van der Waals surface area contributed by atoms with E-state index >= 15 is 0 Å². The maximum Gasteiger partial charge on any atom is 0.332 e. The first-order chi connectivity index (χ1) is 8.40. The summed E-state index contributed by atoms with van der Waals surface area (Å²) in [6, 6.07) is 0. The van der Waals surface area contributed by atoms with Gasteiger partial charge in [-0.2, -0.15) is 0 Å². The third kappa shape index (κ3) is 2.84. The normalized spacial score (nSPS) is 10.4. The van der Waals surface area contributed by atoms with Crippen LogP contribution in [0, 0.1) is 0 Å². The molecule has 1 aromatic rings. The Bertz CT molecular complexity index is 574. The maximum absolute atomic E-state index is 11.9. The molecule has 1 heterocycles. The molecular weight excluding hydrogens is 300 g/mol. The molecule has 6 nitrogen and oxygen atoms in total. The summed E-state index contributed by atoms with van der Waals surface area (Å²) in [6.07, 6.45) is 0.757. The SMILES string of the molecule is C=C(Br)CNc1c(N)n(CCC)c(=O)n(C)c1=O. The van der Waals surface area contributed by atoms with E-state index in [1.54, 1.807) is 0 Å². The van der Waals surface area contributed by atoms with Crippen molar-refractivity contribution < 1.29 is 0 Å². The number of hydrogen-bond acceptors (Lipinski definition) is 4. The molecule has 0 bridgehead atoms. The quantitative estimate of drug-likeness (QED) is 0.844. The third-order valence-electron chi connectivity index (χ3n) is 2.49. The molecule has 0 radical (unpaired) electrons. The molecular formula is C11H17BrN4O2. The summed E-state index contributed by atoms with van der Waals surface area (Å²) >= 11 is 3.19. The Morgan fingerprint density at radius 1 is 1.50 bits per heavy atom. The fraction of sp³-hybridized carbons (Fsp3) is 0.455. The molecule has 0 spiro atoms. The van der Waals surface area contributed by atoms with Gasteiger partial charge in [0.25, 0.3) is 5.56 Å². The van der Waals surface area contributed by atoms with Crippen molar-refractivity contribution in [3.05, 3.63) is 31.9 Å². The number of rotatable bonds is 5. The predicted octanol–water partition coefficient (Wildman–Crippen LogP) is 0.860. The Morgan fingerprint density at radius 2 is 2.11 bits per heavy atom. The number of nitrogens with one attached hydrogen (secondary N) is 1. The minimum atomic E-state index is -0.432. The molecule has 1 rings (SSSR count). The lowest BCUT2D eigenvalue weighted by Crippen LogP contribution is -2.40. The summed E-state index contributed by atoms with van der Waals surface area (Å²) in [6.45, 7) is 6.44. The van der Waals surface area contributed by atoms with Gasteiger partial charge < -0.3 is 11.1 Å². The molecule has 100 valence electrons. The smallest absolute Gasteiger partial charge is 0.332 e. The summed E-state index contributed by atoms with van der Waals surface area (Å²) in [4.78, 5) is 23.8. The lowest BCUT2D eigenvalue weighted by atomic mass is 10.4. The van der Waals surface area contributed by atoms with Crippen molar-refractivity contribution in [2.45, 2.75) is 19.9 Å². The van der Waals surface area contributed by atoms with Crippen molar-refractivity contribution in [1.82, 2.24) is 9.13 Å². The molecule has 1 aromatic heterocycles. The molecule has 0 amide bonds. The summed E-state index contributed by atoms with van der Waals surface area (Å²) in [5.74, 6) is 0.165. The van der Waals surface area contributed by atoms with E-state index < -0.39 is 11.2 Å². The van der Waals surface area contributed by atoms with E-state index in [-0.39, 0.29) is 11.5 Å². The first kappa shape index (κ1) is 14.6. The van der Waals surface area contributed by atoms with Crippen molar-refractivity contribution in [3.8, 4) is 0 Å². The van der Waals surface area contributed by atoms with Gasteiger partial charge in [0.05, 0.1) is 0 Å². The number of halogens is 1. The average molecular weight is 317 g/mol. The van der Waals surface area contributed by atoms with E-state index in [9.17, 15) is 9.59 Å². The second-order valence-corrected chi connectivity index (χ2v) is 5.05. The fourth-order valence-electron chi connectivity index (χ4n) is 1.57. The summed E-state index contributed by atoms with van der Waals surface area (Å²) < 4.78 is 3.13. The monoisotopic (exact) mass is 316 g/mol. The zero-order valence-corrected chi connectivity index (χ0v) is 12.1. The Kier molecular flexibility index (Phi) is 4.77. The van der Waals surface area contributed by atoms with Crippen LogP contribution >= 0.6 is 15.9 Å². The highest BCUT2D eigenvalue weighted by atomic mass is 79.9. The molecule has 0 unspecified atom stereocenters. The van der Waals surface area contributed by atoms with Gasteiger partial charge in [0.1, 0.15) is 11.5 Å². The highest BCUT2D eigenvalue weighted by Gasteiger charge is 2.14. The van der Waals surface area contributed by atoms with Gasteiger partial charge in [0, 0.05) is 24.6 Å². The van der Waals surface area contributed by atoms with Gasteiger partial charge in [-0.25, -0.2) is 4.79 Å². The van der Waals surface area contributed by atoms with Gasteiger partial charge in [0.15, 0.2) is 0 Å². The van der Waals surface area contributed by atoms with Crippen molar-refractivity contribution in [1.29, 1.82) is 0 Å². The Balaban J connectivity index is 3.37. The van der Waals surface area contributed by atoms with Gasteiger partial charge in [-0.1, -0.05) is 29.4 Å². The topological polar surface area (TPSA) is 82.0 Å². The zero-order chi connectivity index (χ0) is 13.9. The standard InChI is InChI=1S/C11H17BrN4O2/c1-4-5-16-9(13)8(14-6-7(2)12)10(17)15(3)11(16)18/h14H,2,4-6,13H2,1,3H3. The van der Waals surface area contributed by atoms with Crippen molar-refractivity contribution in [3.63, 3.8) is 0 Å². The lowest BCUT2D eigenvalue weighted by Gasteiger charge is -2.15. The number of nitrogens with two attached hydrogens (primary N) is 1. The minimum Gasteiger partial charge on any atom is -0.383 e. The van der Waals surface area contributed by atoms with Crippen LogP contribution in [0.1, 0.15) is 13.3 Å². The molecule has 7 heteroatoms. The van der Waals surface area contributed by atoms with E-state index in [0.29, 0.717) is 17.6 Å². The van der Waals surface area contributed by atoms with Gasteiger partial charge >= 0.3 is 5.69 Å². The maximum atomic E-state index is 11.9. The Hall–Kier alpha value is -1.50. The van der Waals surface area contributed by atoms with E-state index in [0.717, 1.165) is 11.0 Å².